The maximum Gasteiger partial charge on any atom is 0.315 e. The summed E-state index contributed by atoms with van der Waals surface area (Å²) in [5.74, 6) is 0.403. The van der Waals surface area contributed by atoms with E-state index >= 15 is 0 Å². The molecule has 2 heterocycles. The third-order valence-corrected chi connectivity index (χ3v) is 5.74. The lowest BCUT2D eigenvalue weighted by molar-refractivity contribution is 0.155. The second kappa shape index (κ2) is 7.05. The Bertz CT molecular complexity index is 540. The Morgan fingerprint density at radius 2 is 2.22 bits per heavy atom. The molecule has 3 N–H and O–H groups in total. The van der Waals surface area contributed by atoms with E-state index in [1.807, 2.05) is 6.92 Å². The van der Waals surface area contributed by atoms with Gasteiger partial charge in [0.2, 0.25) is 0 Å². The third-order valence-electron chi connectivity index (χ3n) is 4.79. The van der Waals surface area contributed by atoms with E-state index < -0.39 is 5.54 Å². The normalized spacial score (nSPS) is 20.3. The third kappa shape index (κ3) is 4.14. The number of nitrogens with one attached hydrogen (secondary N) is 2. The molecule has 1 saturated heterocycles. The summed E-state index contributed by atoms with van der Waals surface area (Å²) in [6.45, 7) is 4.66. The largest absolute Gasteiger partial charge is 0.394 e. The monoisotopic (exact) mass is 338 g/mol. The van der Waals surface area contributed by atoms with Crippen molar-refractivity contribution in [1.82, 2.24) is 15.6 Å². The van der Waals surface area contributed by atoms with Gasteiger partial charge in [0, 0.05) is 31.4 Å². The highest BCUT2D eigenvalue weighted by atomic mass is 32.1. The van der Waals surface area contributed by atoms with Gasteiger partial charge in [-0.2, -0.15) is 0 Å². The Balaban J connectivity index is 1.41. The molecule has 2 aliphatic rings. The fourth-order valence-electron chi connectivity index (χ4n) is 3.06. The Morgan fingerprint density at radius 1 is 1.48 bits per heavy atom. The summed E-state index contributed by atoms with van der Waals surface area (Å²) in [4.78, 5) is 19.0. The van der Waals surface area contributed by atoms with Crippen LogP contribution in [-0.4, -0.2) is 47.9 Å². The number of aromatic nitrogens is 1. The molecule has 0 spiro atoms. The summed E-state index contributed by atoms with van der Waals surface area (Å²) < 4.78 is 0. The molecule has 0 radical (unpaired) electrons. The average Bonchev–Trinajstić information content (AvgIpc) is 3.07. The predicted molar refractivity (Wildman–Crippen MR) is 92.0 cm³/mol. The number of thiazole rings is 1. The molecule has 0 bridgehead atoms. The minimum absolute atomic E-state index is 0.0175. The van der Waals surface area contributed by atoms with Gasteiger partial charge >= 0.3 is 6.03 Å². The summed E-state index contributed by atoms with van der Waals surface area (Å²) in [5, 5.41) is 18.5. The molecule has 1 unspecified atom stereocenters. The highest BCUT2D eigenvalue weighted by molar-refractivity contribution is 7.13. The lowest BCUT2D eigenvalue weighted by Crippen LogP contribution is -2.54. The maximum atomic E-state index is 12.0. The number of aliphatic hydroxyl groups excluding tert-OH is 1. The van der Waals surface area contributed by atoms with Crippen molar-refractivity contribution in [2.45, 2.75) is 44.6 Å². The van der Waals surface area contributed by atoms with E-state index in [1.165, 1.54) is 12.8 Å². The van der Waals surface area contributed by atoms with Crippen LogP contribution in [-0.2, 0) is 6.42 Å². The van der Waals surface area contributed by atoms with E-state index in [2.05, 4.69) is 25.9 Å². The van der Waals surface area contributed by atoms with Crippen LogP contribution in [0.2, 0.25) is 0 Å². The summed E-state index contributed by atoms with van der Waals surface area (Å²) in [6.07, 6.45) is 5.39. The van der Waals surface area contributed by atoms with E-state index in [0.29, 0.717) is 12.5 Å². The van der Waals surface area contributed by atoms with Crippen LogP contribution in [0.5, 0.6) is 0 Å². The zero-order chi connectivity index (χ0) is 16.3. The van der Waals surface area contributed by atoms with Gasteiger partial charge in [-0.3, -0.25) is 0 Å². The number of nitrogens with zero attached hydrogens (tertiary/aromatic N) is 2. The van der Waals surface area contributed by atoms with Crippen molar-refractivity contribution in [2.75, 3.05) is 31.1 Å². The molecule has 7 heteroatoms. The first-order valence-corrected chi connectivity index (χ1v) is 9.35. The fraction of sp³-hybridized carbons (Fsp3) is 0.750. The summed E-state index contributed by atoms with van der Waals surface area (Å²) in [7, 11) is 0. The lowest BCUT2D eigenvalue weighted by atomic mass is 9.97. The van der Waals surface area contributed by atoms with Crippen LogP contribution in [0.25, 0.3) is 0 Å². The molecule has 1 aliphatic carbocycles. The van der Waals surface area contributed by atoms with E-state index in [1.54, 1.807) is 11.3 Å². The average molecular weight is 338 g/mol. The quantitative estimate of drug-likeness (QED) is 0.708. The lowest BCUT2D eigenvalue weighted by Gasteiger charge is -2.28. The SMILES string of the molecule is CC(CO)(NC(=O)NCCc1csc(N2CCCC2)n1)C1CC1. The van der Waals surface area contributed by atoms with Gasteiger partial charge in [-0.05, 0) is 38.5 Å². The number of amides is 2. The van der Waals surface area contributed by atoms with Gasteiger partial charge in [0.1, 0.15) is 0 Å². The van der Waals surface area contributed by atoms with Crippen LogP contribution in [0.3, 0.4) is 0 Å². The summed E-state index contributed by atoms with van der Waals surface area (Å²) in [5.41, 5.74) is 0.539. The zero-order valence-corrected chi connectivity index (χ0v) is 14.5. The van der Waals surface area contributed by atoms with Crippen LogP contribution in [0.1, 0.15) is 38.3 Å². The molecular weight excluding hydrogens is 312 g/mol. The molecule has 128 valence electrons. The number of carbonyl (C=O) groups is 1. The van der Waals surface area contributed by atoms with Crippen LogP contribution in [0.4, 0.5) is 9.93 Å². The number of rotatable bonds is 7. The molecular formula is C16H26N4O2S. The van der Waals surface area contributed by atoms with Gasteiger partial charge in [0.25, 0.3) is 0 Å². The Hall–Kier alpha value is -1.34. The minimum atomic E-state index is -0.492. The maximum absolute atomic E-state index is 12.0. The van der Waals surface area contributed by atoms with Crippen LogP contribution in [0.15, 0.2) is 5.38 Å². The predicted octanol–water partition coefficient (Wildman–Crippen LogP) is 1.75. The smallest absolute Gasteiger partial charge is 0.315 e. The van der Waals surface area contributed by atoms with Gasteiger partial charge in [-0.25, -0.2) is 9.78 Å². The first-order valence-electron chi connectivity index (χ1n) is 8.47. The Kier molecular flexibility index (Phi) is 5.06. The topological polar surface area (TPSA) is 77.5 Å². The van der Waals surface area contributed by atoms with Crippen molar-refractivity contribution in [3.63, 3.8) is 0 Å². The fourth-order valence-corrected chi connectivity index (χ4v) is 3.98. The van der Waals surface area contributed by atoms with Crippen molar-refractivity contribution >= 4 is 22.5 Å². The van der Waals surface area contributed by atoms with Gasteiger partial charge in [0.05, 0.1) is 17.8 Å². The molecule has 3 rings (SSSR count). The molecule has 2 fully saturated rings. The van der Waals surface area contributed by atoms with Gasteiger partial charge < -0.3 is 20.6 Å². The first kappa shape index (κ1) is 16.5. The number of urea groups is 1. The molecule has 1 aromatic heterocycles. The summed E-state index contributed by atoms with van der Waals surface area (Å²) in [6, 6.07) is -0.205. The second-order valence-corrected chi connectivity index (χ2v) is 7.63. The van der Waals surface area contributed by atoms with E-state index in [9.17, 15) is 9.90 Å². The van der Waals surface area contributed by atoms with Gasteiger partial charge in [-0.15, -0.1) is 11.3 Å². The van der Waals surface area contributed by atoms with E-state index in [4.69, 9.17) is 0 Å². The molecule has 6 nitrogen and oxygen atoms in total. The van der Waals surface area contributed by atoms with Gasteiger partial charge in [-0.1, -0.05) is 0 Å². The van der Waals surface area contributed by atoms with E-state index in [-0.39, 0.29) is 12.6 Å². The first-order chi connectivity index (χ1) is 11.1. The molecule has 1 saturated carbocycles. The highest BCUT2D eigenvalue weighted by Gasteiger charge is 2.42. The number of hydrogen-bond acceptors (Lipinski definition) is 5. The van der Waals surface area contributed by atoms with Crippen molar-refractivity contribution in [2.24, 2.45) is 5.92 Å². The second-order valence-electron chi connectivity index (χ2n) is 6.80. The standard InChI is InChI=1S/C16H26N4O2S/c1-16(11-21,12-4-5-12)19-14(22)17-7-6-13-10-23-15(18-13)20-8-2-3-9-20/h10,12,21H,2-9,11H2,1H3,(H2,17,19,22). The van der Waals surface area contributed by atoms with Crippen molar-refractivity contribution in [1.29, 1.82) is 0 Å². The number of carbonyl (C=O) groups excluding carboxylic acids is 1. The molecule has 23 heavy (non-hydrogen) atoms. The van der Waals surface area contributed by atoms with E-state index in [0.717, 1.165) is 43.2 Å². The molecule has 0 aromatic carbocycles. The number of anilines is 1. The van der Waals surface area contributed by atoms with Crippen LogP contribution in [0, 0.1) is 5.92 Å². The molecule has 1 atom stereocenters. The highest BCUT2D eigenvalue weighted by Crippen LogP contribution is 2.39. The summed E-state index contributed by atoms with van der Waals surface area (Å²) >= 11 is 1.68. The van der Waals surface area contributed by atoms with Crippen LogP contribution >= 0.6 is 11.3 Å². The number of aliphatic hydroxyl groups is 1. The molecule has 1 aromatic rings. The Labute approximate surface area is 141 Å². The van der Waals surface area contributed by atoms with Crippen LogP contribution < -0.4 is 15.5 Å². The minimum Gasteiger partial charge on any atom is -0.394 e. The van der Waals surface area contributed by atoms with Crippen molar-refractivity contribution in [3.05, 3.63) is 11.1 Å². The molecule has 1 aliphatic heterocycles. The van der Waals surface area contributed by atoms with Crippen molar-refractivity contribution in [3.8, 4) is 0 Å². The van der Waals surface area contributed by atoms with Crippen molar-refractivity contribution < 1.29 is 9.90 Å². The Morgan fingerprint density at radius 3 is 2.87 bits per heavy atom. The zero-order valence-electron chi connectivity index (χ0n) is 13.7. The molecule has 2 amide bonds. The number of hydrogen-bond donors (Lipinski definition) is 3. The van der Waals surface area contributed by atoms with Gasteiger partial charge in [0.15, 0.2) is 5.13 Å².